The van der Waals surface area contributed by atoms with Gasteiger partial charge in [0.15, 0.2) is 5.75 Å². The number of hydrogen-bond acceptors (Lipinski definition) is 5. The van der Waals surface area contributed by atoms with Crippen LogP contribution in [0.4, 0.5) is 5.69 Å². The highest BCUT2D eigenvalue weighted by atomic mass is 32.2. The molecule has 0 amide bonds. The fourth-order valence-corrected chi connectivity index (χ4v) is 3.73. The zero-order chi connectivity index (χ0) is 14.0. The highest BCUT2D eigenvalue weighted by molar-refractivity contribution is 7.89. The van der Waals surface area contributed by atoms with Crippen LogP contribution in [-0.2, 0) is 10.0 Å². The van der Waals surface area contributed by atoms with Crippen molar-refractivity contribution in [3.05, 3.63) is 18.2 Å². The minimum Gasteiger partial charge on any atom is -0.493 e. The van der Waals surface area contributed by atoms with Crippen molar-refractivity contribution in [1.29, 1.82) is 0 Å². The van der Waals surface area contributed by atoms with Crippen LogP contribution in [0.1, 0.15) is 0 Å². The van der Waals surface area contributed by atoms with Crippen molar-refractivity contribution < 1.29 is 13.2 Å². The van der Waals surface area contributed by atoms with Crippen LogP contribution in [-0.4, -0.2) is 58.0 Å². The van der Waals surface area contributed by atoms with Crippen LogP contribution in [0.3, 0.4) is 0 Å². The summed E-state index contributed by atoms with van der Waals surface area (Å²) in [7, 11) is -0.147. The number of methoxy groups -OCH3 is 1. The summed E-state index contributed by atoms with van der Waals surface area (Å²) in [4.78, 5) is 2.24. The standard InChI is InChI=1S/C12H19N3O3S/c1-14-6-8-15(9-7-14)19(16,17)11-5-3-4-10(13)12(11)18-2/h3-5H,6-9,13H2,1-2H3. The zero-order valence-electron chi connectivity index (χ0n) is 11.2. The van der Waals surface area contributed by atoms with E-state index in [2.05, 4.69) is 4.90 Å². The van der Waals surface area contributed by atoms with Crippen molar-refractivity contribution in [3.63, 3.8) is 0 Å². The van der Waals surface area contributed by atoms with Crippen LogP contribution in [0, 0.1) is 0 Å². The van der Waals surface area contributed by atoms with Crippen LogP contribution >= 0.6 is 0 Å². The van der Waals surface area contributed by atoms with Crippen LogP contribution in [0.15, 0.2) is 23.1 Å². The Kier molecular flexibility index (Phi) is 3.98. The van der Waals surface area contributed by atoms with Crippen molar-refractivity contribution in [3.8, 4) is 5.75 Å². The van der Waals surface area contributed by atoms with Crippen molar-refractivity contribution in [2.45, 2.75) is 4.90 Å². The molecule has 0 aliphatic carbocycles. The lowest BCUT2D eigenvalue weighted by Gasteiger charge is -2.31. The van der Waals surface area contributed by atoms with E-state index in [-0.39, 0.29) is 10.6 Å². The number of hydrogen-bond donors (Lipinski definition) is 1. The van der Waals surface area contributed by atoms with E-state index in [9.17, 15) is 8.42 Å². The smallest absolute Gasteiger partial charge is 0.246 e. The molecule has 7 heteroatoms. The van der Waals surface area contributed by atoms with Gasteiger partial charge in [-0.15, -0.1) is 0 Å². The van der Waals surface area contributed by atoms with Crippen molar-refractivity contribution in [1.82, 2.24) is 9.21 Å². The van der Waals surface area contributed by atoms with E-state index in [1.165, 1.54) is 17.5 Å². The molecule has 0 spiro atoms. The maximum Gasteiger partial charge on any atom is 0.246 e. The van der Waals surface area contributed by atoms with Gasteiger partial charge in [0.1, 0.15) is 4.90 Å². The lowest BCUT2D eigenvalue weighted by Crippen LogP contribution is -2.47. The number of nitrogen functional groups attached to an aromatic ring is 1. The number of piperazine rings is 1. The molecule has 0 radical (unpaired) electrons. The van der Waals surface area contributed by atoms with Gasteiger partial charge in [-0.25, -0.2) is 8.42 Å². The molecular weight excluding hydrogens is 266 g/mol. The van der Waals surface area contributed by atoms with Crippen molar-refractivity contribution in [2.75, 3.05) is 46.1 Å². The average Bonchev–Trinajstić information content (AvgIpc) is 2.39. The molecule has 1 aromatic carbocycles. The Balaban J connectivity index is 2.37. The molecule has 1 saturated heterocycles. The summed E-state index contributed by atoms with van der Waals surface area (Å²) in [6.45, 7) is 2.42. The first-order valence-electron chi connectivity index (χ1n) is 6.08. The Morgan fingerprint density at radius 3 is 2.42 bits per heavy atom. The quantitative estimate of drug-likeness (QED) is 0.804. The summed E-state index contributed by atoms with van der Waals surface area (Å²) >= 11 is 0. The Hall–Kier alpha value is -1.31. The lowest BCUT2D eigenvalue weighted by atomic mass is 10.3. The predicted octanol–water partition coefficient (Wildman–Crippen LogP) is 0.214. The van der Waals surface area contributed by atoms with Gasteiger partial charge in [-0.3, -0.25) is 0 Å². The lowest BCUT2D eigenvalue weighted by molar-refractivity contribution is 0.222. The molecule has 0 aromatic heterocycles. The summed E-state index contributed by atoms with van der Waals surface area (Å²) in [5.74, 6) is 0.224. The van der Waals surface area contributed by atoms with Crippen LogP contribution in [0.2, 0.25) is 0 Å². The fourth-order valence-electron chi connectivity index (χ4n) is 2.12. The molecule has 0 saturated carbocycles. The third-order valence-corrected chi connectivity index (χ3v) is 5.22. The number of anilines is 1. The van der Waals surface area contributed by atoms with E-state index < -0.39 is 10.0 Å². The topological polar surface area (TPSA) is 75.9 Å². The number of likely N-dealkylation sites (N-methyl/N-ethyl adjacent to an activating group) is 1. The summed E-state index contributed by atoms with van der Waals surface area (Å²) in [5, 5.41) is 0. The molecular formula is C12H19N3O3S. The van der Waals surface area contributed by atoms with Gasteiger partial charge in [0, 0.05) is 26.2 Å². The van der Waals surface area contributed by atoms with Gasteiger partial charge in [0.05, 0.1) is 12.8 Å². The third-order valence-electron chi connectivity index (χ3n) is 3.29. The first-order valence-corrected chi connectivity index (χ1v) is 7.52. The molecule has 1 aliphatic heterocycles. The van der Waals surface area contributed by atoms with Crippen LogP contribution < -0.4 is 10.5 Å². The Morgan fingerprint density at radius 1 is 1.21 bits per heavy atom. The van der Waals surface area contributed by atoms with Crippen LogP contribution in [0.25, 0.3) is 0 Å². The molecule has 106 valence electrons. The zero-order valence-corrected chi connectivity index (χ0v) is 12.0. The Morgan fingerprint density at radius 2 is 1.84 bits per heavy atom. The maximum atomic E-state index is 12.6. The largest absolute Gasteiger partial charge is 0.493 e. The SMILES string of the molecule is COc1c(N)cccc1S(=O)(=O)N1CCN(C)CC1. The second-order valence-electron chi connectivity index (χ2n) is 4.59. The van der Waals surface area contributed by atoms with Crippen molar-refractivity contribution >= 4 is 15.7 Å². The molecule has 0 atom stereocenters. The van der Waals surface area contributed by atoms with E-state index in [1.54, 1.807) is 12.1 Å². The summed E-state index contributed by atoms with van der Waals surface area (Å²) < 4.78 is 31.8. The molecule has 1 fully saturated rings. The van der Waals surface area contributed by atoms with Gasteiger partial charge >= 0.3 is 0 Å². The monoisotopic (exact) mass is 285 g/mol. The molecule has 2 rings (SSSR count). The summed E-state index contributed by atoms with van der Waals surface area (Å²) in [6.07, 6.45) is 0. The van der Waals surface area contributed by atoms with Gasteiger partial charge in [-0.2, -0.15) is 4.31 Å². The van der Waals surface area contributed by atoms with Gasteiger partial charge in [0.25, 0.3) is 0 Å². The first kappa shape index (κ1) is 14.1. The number of para-hydroxylation sites is 1. The van der Waals surface area contributed by atoms with E-state index >= 15 is 0 Å². The van der Waals surface area contributed by atoms with E-state index in [0.717, 1.165) is 13.1 Å². The van der Waals surface area contributed by atoms with Gasteiger partial charge < -0.3 is 15.4 Å². The van der Waals surface area contributed by atoms with Crippen molar-refractivity contribution in [2.24, 2.45) is 0 Å². The second-order valence-corrected chi connectivity index (χ2v) is 6.49. The highest BCUT2D eigenvalue weighted by Crippen LogP contribution is 2.32. The van der Waals surface area contributed by atoms with Crippen LogP contribution in [0.5, 0.6) is 5.75 Å². The van der Waals surface area contributed by atoms with E-state index in [4.69, 9.17) is 10.5 Å². The molecule has 0 bridgehead atoms. The number of nitrogens with zero attached hydrogens (tertiary/aromatic N) is 2. The minimum absolute atomic E-state index is 0.138. The maximum absolute atomic E-state index is 12.6. The van der Waals surface area contributed by atoms with Gasteiger partial charge in [0.2, 0.25) is 10.0 Å². The number of benzene rings is 1. The predicted molar refractivity (Wildman–Crippen MR) is 73.7 cm³/mol. The number of sulfonamides is 1. The van der Waals surface area contributed by atoms with E-state index in [0.29, 0.717) is 18.8 Å². The molecule has 1 aliphatic rings. The highest BCUT2D eigenvalue weighted by Gasteiger charge is 2.30. The third kappa shape index (κ3) is 2.68. The minimum atomic E-state index is -3.55. The Labute approximate surface area is 113 Å². The normalized spacial score (nSPS) is 18.4. The molecule has 1 aromatic rings. The average molecular weight is 285 g/mol. The number of ether oxygens (including phenoxy) is 1. The fraction of sp³-hybridized carbons (Fsp3) is 0.500. The number of nitrogens with two attached hydrogens (primary N) is 1. The molecule has 19 heavy (non-hydrogen) atoms. The van der Waals surface area contributed by atoms with E-state index in [1.807, 2.05) is 7.05 Å². The van der Waals surface area contributed by atoms with Gasteiger partial charge in [-0.05, 0) is 19.2 Å². The summed E-state index contributed by atoms with van der Waals surface area (Å²) in [6, 6.07) is 4.78. The second kappa shape index (κ2) is 5.36. The molecule has 1 heterocycles. The Bertz CT molecular complexity index is 551. The number of rotatable bonds is 3. The molecule has 2 N–H and O–H groups in total. The molecule has 6 nitrogen and oxygen atoms in total. The molecule has 0 unspecified atom stereocenters. The summed E-state index contributed by atoms with van der Waals surface area (Å²) in [5.41, 5.74) is 6.10. The van der Waals surface area contributed by atoms with Gasteiger partial charge in [-0.1, -0.05) is 6.07 Å². The first-order chi connectivity index (χ1) is 8.96.